The van der Waals surface area contributed by atoms with Crippen molar-refractivity contribution in [3.63, 3.8) is 0 Å². The Morgan fingerprint density at radius 3 is 2.28 bits per heavy atom. The van der Waals surface area contributed by atoms with Gasteiger partial charge in [-0.3, -0.25) is 19.3 Å². The van der Waals surface area contributed by atoms with Crippen LogP contribution in [0.3, 0.4) is 0 Å². The number of nitrogens with zero attached hydrogens (tertiary/aromatic N) is 2. The van der Waals surface area contributed by atoms with Gasteiger partial charge in [-0.1, -0.05) is 54.6 Å². The maximum atomic E-state index is 13.5. The summed E-state index contributed by atoms with van der Waals surface area (Å²) >= 11 is 3.54. The molecule has 0 N–H and O–H groups in total. The van der Waals surface area contributed by atoms with Gasteiger partial charge < -0.3 is 4.74 Å². The number of hydrogen-bond acceptors (Lipinski definition) is 5. The third-order valence-corrected chi connectivity index (χ3v) is 6.54. The molecule has 0 saturated carbocycles. The first-order valence-electron chi connectivity index (χ1n) is 10.3. The van der Waals surface area contributed by atoms with E-state index in [1.807, 2.05) is 78.9 Å². The molecule has 3 aromatic rings. The molecule has 0 bridgehead atoms. The molecule has 2 aliphatic rings. The summed E-state index contributed by atoms with van der Waals surface area (Å²) in [5.41, 5.74) is 2.55. The van der Waals surface area contributed by atoms with E-state index in [0.717, 1.165) is 21.3 Å². The second-order valence-electron chi connectivity index (χ2n) is 7.80. The van der Waals surface area contributed by atoms with Crippen LogP contribution < -0.4 is 9.80 Å². The average molecular weight is 493 g/mol. The molecule has 2 amide bonds. The molecule has 0 unspecified atom stereocenters. The third-order valence-electron chi connectivity index (χ3n) is 5.92. The SMILES string of the molecule is COc1ccc([C@H]2[C@H]3C(=O)N(Cc4ccccc4)C(=O)[C@@H]3ON2c2ccccc2)cc1Br. The van der Waals surface area contributed by atoms with Gasteiger partial charge in [0.05, 0.1) is 29.9 Å². The molecule has 7 heteroatoms. The summed E-state index contributed by atoms with van der Waals surface area (Å²) in [4.78, 5) is 34.3. The molecule has 6 nitrogen and oxygen atoms in total. The van der Waals surface area contributed by atoms with Crippen LogP contribution in [0, 0.1) is 5.92 Å². The lowest BCUT2D eigenvalue weighted by molar-refractivity contribution is -0.143. The summed E-state index contributed by atoms with van der Waals surface area (Å²) in [6, 6.07) is 24.3. The number of amides is 2. The molecule has 2 aliphatic heterocycles. The highest BCUT2D eigenvalue weighted by Gasteiger charge is 2.59. The topological polar surface area (TPSA) is 59.1 Å². The number of benzene rings is 3. The zero-order valence-electron chi connectivity index (χ0n) is 17.4. The monoisotopic (exact) mass is 492 g/mol. The fourth-order valence-electron chi connectivity index (χ4n) is 4.40. The van der Waals surface area contributed by atoms with Gasteiger partial charge >= 0.3 is 0 Å². The number of carbonyl (C=O) groups is 2. The maximum absolute atomic E-state index is 13.5. The van der Waals surface area contributed by atoms with Gasteiger partial charge in [0.2, 0.25) is 5.91 Å². The number of halogens is 1. The van der Waals surface area contributed by atoms with Crippen LogP contribution in [0.1, 0.15) is 17.2 Å². The Morgan fingerprint density at radius 1 is 0.938 bits per heavy atom. The van der Waals surface area contributed by atoms with Crippen molar-refractivity contribution in [1.82, 2.24) is 4.90 Å². The highest BCUT2D eigenvalue weighted by atomic mass is 79.9. The van der Waals surface area contributed by atoms with Crippen molar-refractivity contribution in [3.8, 4) is 5.75 Å². The Kier molecular flexibility index (Phi) is 5.45. The van der Waals surface area contributed by atoms with Gasteiger partial charge in [0, 0.05) is 0 Å². The highest BCUT2D eigenvalue weighted by molar-refractivity contribution is 9.10. The predicted molar refractivity (Wildman–Crippen MR) is 123 cm³/mol. The number of imide groups is 1. The van der Waals surface area contributed by atoms with E-state index in [-0.39, 0.29) is 18.4 Å². The molecule has 3 atom stereocenters. The molecule has 0 spiro atoms. The van der Waals surface area contributed by atoms with E-state index >= 15 is 0 Å². The zero-order chi connectivity index (χ0) is 22.2. The lowest BCUT2D eigenvalue weighted by Gasteiger charge is -2.29. The number of hydroxylamine groups is 1. The molecule has 0 aliphatic carbocycles. The van der Waals surface area contributed by atoms with Crippen molar-refractivity contribution in [2.45, 2.75) is 18.7 Å². The summed E-state index contributed by atoms with van der Waals surface area (Å²) in [6.45, 7) is 0.235. The Morgan fingerprint density at radius 2 is 1.62 bits per heavy atom. The largest absolute Gasteiger partial charge is 0.496 e. The molecular weight excluding hydrogens is 472 g/mol. The number of para-hydroxylation sites is 1. The number of hydrogen-bond donors (Lipinski definition) is 0. The van der Waals surface area contributed by atoms with Crippen molar-refractivity contribution in [2.75, 3.05) is 12.2 Å². The number of ether oxygens (including phenoxy) is 1. The van der Waals surface area contributed by atoms with Crippen LogP contribution in [0.4, 0.5) is 5.69 Å². The third kappa shape index (κ3) is 3.47. The smallest absolute Gasteiger partial charge is 0.262 e. The number of rotatable bonds is 5. The van der Waals surface area contributed by atoms with Gasteiger partial charge in [-0.2, -0.15) is 0 Å². The number of carbonyl (C=O) groups excluding carboxylic acids is 2. The Labute approximate surface area is 194 Å². The number of likely N-dealkylation sites (tertiary alicyclic amines) is 1. The highest BCUT2D eigenvalue weighted by Crippen LogP contribution is 2.47. The molecule has 2 fully saturated rings. The molecule has 0 radical (unpaired) electrons. The van der Waals surface area contributed by atoms with Crippen molar-refractivity contribution in [3.05, 3.63) is 94.5 Å². The summed E-state index contributed by atoms with van der Waals surface area (Å²) in [7, 11) is 1.60. The fourth-order valence-corrected chi connectivity index (χ4v) is 4.96. The van der Waals surface area contributed by atoms with Gasteiger partial charge in [0.1, 0.15) is 11.7 Å². The molecule has 3 aromatic carbocycles. The van der Waals surface area contributed by atoms with Gasteiger partial charge in [0.25, 0.3) is 5.91 Å². The van der Waals surface area contributed by atoms with Crippen molar-refractivity contribution >= 4 is 33.4 Å². The van der Waals surface area contributed by atoms with Crippen LogP contribution in [-0.2, 0) is 21.0 Å². The minimum Gasteiger partial charge on any atom is -0.496 e. The lowest BCUT2D eigenvalue weighted by Crippen LogP contribution is -2.36. The first-order chi connectivity index (χ1) is 15.6. The molecule has 0 aromatic heterocycles. The van der Waals surface area contributed by atoms with Gasteiger partial charge in [-0.25, -0.2) is 5.06 Å². The number of fused-ring (bicyclic) bond motifs is 1. The second-order valence-corrected chi connectivity index (χ2v) is 8.65. The van der Waals surface area contributed by atoms with E-state index in [4.69, 9.17) is 9.57 Å². The van der Waals surface area contributed by atoms with E-state index in [2.05, 4.69) is 15.9 Å². The Balaban J connectivity index is 1.54. The van der Waals surface area contributed by atoms with E-state index in [1.54, 1.807) is 12.2 Å². The van der Waals surface area contributed by atoms with Crippen LogP contribution in [-0.4, -0.2) is 29.9 Å². The quantitative estimate of drug-likeness (QED) is 0.490. The first-order valence-corrected chi connectivity index (χ1v) is 11.1. The van der Waals surface area contributed by atoms with Gasteiger partial charge in [-0.15, -0.1) is 0 Å². The minimum absolute atomic E-state index is 0.223. The average Bonchev–Trinajstić information content (AvgIpc) is 3.32. The van der Waals surface area contributed by atoms with E-state index in [1.165, 1.54) is 4.90 Å². The number of anilines is 1. The predicted octanol–water partition coefficient (Wildman–Crippen LogP) is 4.50. The fraction of sp³-hybridized carbons (Fsp3) is 0.200. The molecule has 5 rings (SSSR count). The van der Waals surface area contributed by atoms with Gasteiger partial charge in [0.15, 0.2) is 6.10 Å². The van der Waals surface area contributed by atoms with Crippen LogP contribution in [0.15, 0.2) is 83.3 Å². The number of methoxy groups -OCH3 is 1. The molecule has 2 heterocycles. The van der Waals surface area contributed by atoms with Crippen LogP contribution in [0.2, 0.25) is 0 Å². The summed E-state index contributed by atoms with van der Waals surface area (Å²) in [6.07, 6.45) is -0.864. The van der Waals surface area contributed by atoms with Crippen molar-refractivity contribution in [2.24, 2.45) is 5.92 Å². The lowest BCUT2D eigenvalue weighted by atomic mass is 9.90. The maximum Gasteiger partial charge on any atom is 0.262 e. The van der Waals surface area contributed by atoms with Crippen molar-refractivity contribution < 1.29 is 19.2 Å². The normalized spacial score (nSPS) is 22.4. The summed E-state index contributed by atoms with van der Waals surface area (Å²) in [5, 5.41) is 1.69. The van der Waals surface area contributed by atoms with Crippen LogP contribution >= 0.6 is 15.9 Å². The molecule has 162 valence electrons. The van der Waals surface area contributed by atoms with E-state index < -0.39 is 18.1 Å². The van der Waals surface area contributed by atoms with Crippen LogP contribution in [0.5, 0.6) is 5.75 Å². The molecule has 2 saturated heterocycles. The van der Waals surface area contributed by atoms with E-state index in [0.29, 0.717) is 5.75 Å². The zero-order valence-corrected chi connectivity index (χ0v) is 18.9. The standard InChI is InChI=1S/C25H21BrN2O4/c1-31-20-13-12-17(14-19(20)26)22-21-23(32-28(22)18-10-6-3-7-11-18)25(30)27(24(21)29)15-16-8-4-2-5-9-16/h2-14,21-23H,15H2,1H3/t21-,22+,23-/m1/s1. The second kappa shape index (κ2) is 8.41. The first kappa shape index (κ1) is 20.7. The molecule has 32 heavy (non-hydrogen) atoms. The molecular formula is C25H21BrN2O4. The summed E-state index contributed by atoms with van der Waals surface area (Å²) in [5.74, 6) is -0.485. The summed E-state index contributed by atoms with van der Waals surface area (Å²) < 4.78 is 6.13. The van der Waals surface area contributed by atoms with Gasteiger partial charge in [-0.05, 0) is 51.3 Å². The van der Waals surface area contributed by atoms with E-state index in [9.17, 15) is 9.59 Å². The minimum atomic E-state index is -0.864. The Bertz CT molecular complexity index is 1160. The van der Waals surface area contributed by atoms with Crippen LogP contribution in [0.25, 0.3) is 0 Å². The Hall–Kier alpha value is -3.16. The van der Waals surface area contributed by atoms with Crippen molar-refractivity contribution in [1.29, 1.82) is 0 Å².